The maximum absolute atomic E-state index is 12.3. The Bertz CT molecular complexity index is 435. The lowest BCUT2D eigenvalue weighted by Gasteiger charge is -2.36. The van der Waals surface area contributed by atoms with E-state index in [4.69, 9.17) is 13.9 Å². The van der Waals surface area contributed by atoms with E-state index in [0.717, 1.165) is 23.7 Å². The Morgan fingerprint density at radius 1 is 1.00 bits per heavy atom. The highest BCUT2D eigenvalue weighted by Crippen LogP contribution is 2.29. The van der Waals surface area contributed by atoms with Crippen molar-refractivity contribution in [3.8, 4) is 0 Å². The first-order valence-electron chi connectivity index (χ1n) is 9.47. The summed E-state index contributed by atoms with van der Waals surface area (Å²) in [6.07, 6.45) is 1.37. The Hall–Kier alpha value is -1.14. The van der Waals surface area contributed by atoms with Crippen molar-refractivity contribution < 1.29 is 23.5 Å². The average Bonchev–Trinajstić information content (AvgIpc) is 2.62. The van der Waals surface area contributed by atoms with Gasteiger partial charge < -0.3 is 13.9 Å². The number of rotatable bonds is 12. The van der Waals surface area contributed by atoms with Gasteiger partial charge in [0.25, 0.3) is 0 Å². The molecular weight excluding hydrogens is 336 g/mol. The van der Waals surface area contributed by atoms with Gasteiger partial charge in [0.15, 0.2) is 8.32 Å². The summed E-state index contributed by atoms with van der Waals surface area (Å²) >= 11 is 0. The molecule has 0 fully saturated rings. The molecule has 0 aliphatic carbocycles. The van der Waals surface area contributed by atoms with Crippen LogP contribution in [0.25, 0.3) is 0 Å². The third-order valence-electron chi connectivity index (χ3n) is 4.94. The van der Waals surface area contributed by atoms with Crippen LogP contribution in [0.1, 0.15) is 54.9 Å². The van der Waals surface area contributed by atoms with Crippen LogP contribution in [0.15, 0.2) is 11.6 Å². The molecule has 5 nitrogen and oxygen atoms in total. The summed E-state index contributed by atoms with van der Waals surface area (Å²) in [6.45, 7) is 14.4. The number of Topliss-reactive ketones (excluding diaryl/α,β-unsaturated/α-hetero) is 1. The minimum absolute atomic E-state index is 0.122. The van der Waals surface area contributed by atoms with Crippen LogP contribution in [0, 0.1) is 5.92 Å². The van der Waals surface area contributed by atoms with E-state index < -0.39 is 14.5 Å². The van der Waals surface area contributed by atoms with Crippen molar-refractivity contribution in [2.45, 2.75) is 79.1 Å². The van der Waals surface area contributed by atoms with Crippen molar-refractivity contribution in [2.24, 2.45) is 5.92 Å². The Morgan fingerprint density at radius 3 is 2.00 bits per heavy atom. The molecule has 0 aliphatic rings. The molecule has 0 aromatic rings. The van der Waals surface area contributed by atoms with Gasteiger partial charge in [0.1, 0.15) is 12.4 Å². The number of ketones is 1. The topological polar surface area (TPSA) is 61.8 Å². The molecule has 0 aromatic carbocycles. The molecule has 0 spiro atoms. The molecule has 0 bridgehead atoms. The highest BCUT2D eigenvalue weighted by molar-refractivity contribution is 6.73. The number of ether oxygens (including phenoxy) is 2. The Labute approximate surface area is 154 Å². The molecule has 0 aromatic heterocycles. The lowest BCUT2D eigenvalue weighted by Crippen LogP contribution is -2.44. The first kappa shape index (κ1) is 23.9. The predicted octanol–water partition coefficient (Wildman–Crippen LogP) is 5.11. The minimum atomic E-state index is -1.86. The summed E-state index contributed by atoms with van der Waals surface area (Å²) in [4.78, 5) is 23.6. The van der Waals surface area contributed by atoms with Gasteiger partial charge in [0.05, 0.1) is 12.7 Å². The van der Waals surface area contributed by atoms with Crippen LogP contribution in [0.3, 0.4) is 0 Å². The van der Waals surface area contributed by atoms with Crippen LogP contribution >= 0.6 is 0 Å². The van der Waals surface area contributed by atoms with Gasteiger partial charge in [-0.25, -0.2) is 4.79 Å². The molecule has 0 amide bonds. The lowest BCUT2D eigenvalue weighted by molar-refractivity contribution is -0.124. The van der Waals surface area contributed by atoms with Gasteiger partial charge in [-0.3, -0.25) is 4.79 Å². The zero-order chi connectivity index (χ0) is 19.5. The molecule has 0 N–H and O–H groups in total. The number of carbonyl (C=O) groups is 2. The Kier molecular flexibility index (Phi) is 11.7. The fourth-order valence-electron chi connectivity index (χ4n) is 2.87. The van der Waals surface area contributed by atoms with E-state index in [9.17, 15) is 9.59 Å². The van der Waals surface area contributed by atoms with Gasteiger partial charge in [-0.1, -0.05) is 34.6 Å². The maximum Gasteiger partial charge on any atom is 0.508 e. The second kappa shape index (κ2) is 12.2. The van der Waals surface area contributed by atoms with Gasteiger partial charge in [-0.15, -0.1) is 0 Å². The second-order valence-electron chi connectivity index (χ2n) is 6.33. The van der Waals surface area contributed by atoms with Crippen LogP contribution in [-0.2, 0) is 18.7 Å². The standard InChI is InChI=1S/C19H36O5Si/c1-8-17(20)16(7)18(24-25(10-3,11-4)12-5)15(6)13-14-23-19(21)22-9-2/h13,16,18H,8-12,14H2,1-7H3/b15-13-/t16-,18-/m1/s1. The molecule has 0 saturated carbocycles. The smallest absolute Gasteiger partial charge is 0.435 e. The van der Waals surface area contributed by atoms with Gasteiger partial charge in [-0.05, 0) is 43.6 Å². The third kappa shape index (κ3) is 7.73. The summed E-state index contributed by atoms with van der Waals surface area (Å²) < 4.78 is 16.4. The van der Waals surface area contributed by atoms with Gasteiger partial charge >= 0.3 is 6.16 Å². The number of hydrogen-bond acceptors (Lipinski definition) is 5. The fraction of sp³-hybridized carbons (Fsp3) is 0.789. The van der Waals surface area contributed by atoms with Crippen LogP contribution in [0.2, 0.25) is 18.1 Å². The highest BCUT2D eigenvalue weighted by atomic mass is 28.4. The quantitative estimate of drug-likeness (QED) is 0.270. The average molecular weight is 373 g/mol. The third-order valence-corrected chi connectivity index (χ3v) is 9.56. The summed E-state index contributed by atoms with van der Waals surface area (Å²) in [6, 6.07) is 3.07. The van der Waals surface area contributed by atoms with Gasteiger partial charge in [-0.2, -0.15) is 0 Å². The zero-order valence-corrected chi connectivity index (χ0v) is 18.0. The van der Waals surface area contributed by atoms with E-state index >= 15 is 0 Å². The molecule has 0 saturated heterocycles. The van der Waals surface area contributed by atoms with Crippen molar-refractivity contribution >= 4 is 20.3 Å². The molecule has 146 valence electrons. The van der Waals surface area contributed by atoms with Crippen LogP contribution < -0.4 is 0 Å². The van der Waals surface area contributed by atoms with E-state index in [2.05, 4.69) is 20.8 Å². The number of hydrogen-bond donors (Lipinski definition) is 0. The Balaban J connectivity index is 5.29. The maximum atomic E-state index is 12.3. The van der Waals surface area contributed by atoms with Crippen molar-refractivity contribution in [3.63, 3.8) is 0 Å². The highest BCUT2D eigenvalue weighted by Gasteiger charge is 2.36. The summed E-state index contributed by atoms with van der Waals surface area (Å²) in [5, 5.41) is 0. The first-order valence-corrected chi connectivity index (χ1v) is 12.0. The first-order chi connectivity index (χ1) is 11.8. The van der Waals surface area contributed by atoms with E-state index in [1.54, 1.807) is 6.92 Å². The predicted molar refractivity (Wildman–Crippen MR) is 103 cm³/mol. The van der Waals surface area contributed by atoms with Crippen LogP contribution in [-0.4, -0.2) is 39.6 Å². The summed E-state index contributed by atoms with van der Waals surface area (Å²) in [5.41, 5.74) is 0.936. The molecule has 0 rings (SSSR count). The van der Waals surface area contributed by atoms with Crippen molar-refractivity contribution in [1.82, 2.24) is 0 Å². The lowest BCUT2D eigenvalue weighted by atomic mass is 9.93. The summed E-state index contributed by atoms with van der Waals surface area (Å²) in [5.74, 6) is -0.0179. The molecule has 0 heterocycles. The molecule has 6 heteroatoms. The van der Waals surface area contributed by atoms with Gasteiger partial charge in [0.2, 0.25) is 0 Å². The van der Waals surface area contributed by atoms with E-state index in [1.807, 2.05) is 26.8 Å². The van der Waals surface area contributed by atoms with Gasteiger partial charge in [0, 0.05) is 12.3 Å². The monoisotopic (exact) mass is 372 g/mol. The van der Waals surface area contributed by atoms with E-state index in [0.29, 0.717) is 6.42 Å². The molecule has 0 unspecified atom stereocenters. The van der Waals surface area contributed by atoms with E-state index in [1.165, 1.54) is 0 Å². The minimum Gasteiger partial charge on any atom is -0.435 e. The molecule has 2 atom stereocenters. The molecule has 0 radical (unpaired) electrons. The molecular formula is C19H36O5Si. The molecule has 25 heavy (non-hydrogen) atoms. The largest absolute Gasteiger partial charge is 0.508 e. The second-order valence-corrected chi connectivity index (χ2v) is 11.1. The Morgan fingerprint density at radius 2 is 1.56 bits per heavy atom. The van der Waals surface area contributed by atoms with Crippen molar-refractivity contribution in [1.29, 1.82) is 0 Å². The molecule has 0 aliphatic heterocycles. The van der Waals surface area contributed by atoms with E-state index in [-0.39, 0.29) is 31.0 Å². The summed E-state index contributed by atoms with van der Waals surface area (Å²) in [7, 11) is -1.86. The fourth-order valence-corrected chi connectivity index (χ4v) is 5.80. The number of carbonyl (C=O) groups excluding carboxylic acids is 2. The zero-order valence-electron chi connectivity index (χ0n) is 17.0. The van der Waals surface area contributed by atoms with Crippen molar-refractivity contribution in [2.75, 3.05) is 13.2 Å². The van der Waals surface area contributed by atoms with Crippen LogP contribution in [0.5, 0.6) is 0 Å². The van der Waals surface area contributed by atoms with Crippen molar-refractivity contribution in [3.05, 3.63) is 11.6 Å². The normalized spacial score (nSPS) is 14.8. The SMILES string of the molecule is CCOC(=O)OC/C=C(/C)[C@@H](O[Si](CC)(CC)CC)[C@H](C)C(=O)CC. The van der Waals surface area contributed by atoms with Crippen LogP contribution in [0.4, 0.5) is 4.79 Å².